The van der Waals surface area contributed by atoms with Crippen molar-refractivity contribution in [2.24, 2.45) is 4.99 Å². The lowest BCUT2D eigenvalue weighted by Gasteiger charge is -2.03. The van der Waals surface area contributed by atoms with Crippen molar-refractivity contribution in [3.63, 3.8) is 0 Å². The molecule has 0 fully saturated rings. The summed E-state index contributed by atoms with van der Waals surface area (Å²) >= 11 is 5.84. The highest BCUT2D eigenvalue weighted by atomic mass is 35.5. The van der Waals surface area contributed by atoms with E-state index in [1.807, 2.05) is 0 Å². The Labute approximate surface area is 143 Å². The molecule has 2 aromatic rings. The van der Waals surface area contributed by atoms with Crippen molar-refractivity contribution in [2.75, 3.05) is 5.32 Å². The van der Waals surface area contributed by atoms with Crippen LogP contribution in [0.5, 0.6) is 0 Å². The van der Waals surface area contributed by atoms with Gasteiger partial charge in [-0.25, -0.2) is 9.79 Å². The molecule has 1 heterocycles. The van der Waals surface area contributed by atoms with Crippen LogP contribution in [0.4, 0.5) is 5.69 Å². The molecule has 1 aliphatic heterocycles. The molecule has 24 heavy (non-hydrogen) atoms. The second-order valence-corrected chi connectivity index (χ2v) is 5.58. The zero-order chi connectivity index (χ0) is 17.1. The number of amides is 1. The van der Waals surface area contributed by atoms with Gasteiger partial charge in [0.1, 0.15) is 0 Å². The van der Waals surface area contributed by atoms with E-state index in [2.05, 4.69) is 10.3 Å². The summed E-state index contributed by atoms with van der Waals surface area (Å²) < 4.78 is 5.21. The molecule has 0 bridgehead atoms. The van der Waals surface area contributed by atoms with Crippen LogP contribution < -0.4 is 5.32 Å². The Morgan fingerprint density at radius 2 is 1.79 bits per heavy atom. The van der Waals surface area contributed by atoms with Gasteiger partial charge in [-0.2, -0.15) is 0 Å². The molecule has 0 saturated heterocycles. The lowest BCUT2D eigenvalue weighted by Crippen LogP contribution is -2.07. The molecule has 0 spiro atoms. The number of hydrogen-bond donors (Lipinski definition) is 1. The van der Waals surface area contributed by atoms with Gasteiger partial charge >= 0.3 is 5.97 Å². The molecule has 1 N–H and O–H groups in total. The maximum atomic E-state index is 12.0. The quantitative estimate of drug-likeness (QED) is 0.685. The Morgan fingerprint density at radius 1 is 1.12 bits per heavy atom. The average Bonchev–Trinajstić information content (AvgIpc) is 2.91. The van der Waals surface area contributed by atoms with Crippen molar-refractivity contribution >= 4 is 41.1 Å². The number of nitrogens with zero attached hydrogens (tertiary/aromatic N) is 1. The Kier molecular flexibility index (Phi) is 4.44. The van der Waals surface area contributed by atoms with E-state index >= 15 is 0 Å². The van der Waals surface area contributed by atoms with Crippen LogP contribution >= 0.6 is 11.6 Å². The topological polar surface area (TPSA) is 67.8 Å². The molecule has 3 rings (SSSR count). The summed E-state index contributed by atoms with van der Waals surface area (Å²) in [6.45, 7) is 1.44. The number of ether oxygens (including phenoxy) is 1. The van der Waals surface area contributed by atoms with Crippen LogP contribution in [0.1, 0.15) is 18.1 Å². The van der Waals surface area contributed by atoms with Gasteiger partial charge in [0.25, 0.3) is 0 Å². The number of aliphatic imine (C=N–C) groups is 1. The van der Waals surface area contributed by atoms with Gasteiger partial charge in [-0.05, 0) is 48.0 Å². The molecular formula is C18H13ClN2O3. The van der Waals surface area contributed by atoms with Gasteiger partial charge in [0.15, 0.2) is 5.70 Å². The second kappa shape index (κ2) is 6.68. The van der Waals surface area contributed by atoms with Crippen molar-refractivity contribution in [1.29, 1.82) is 0 Å². The van der Waals surface area contributed by atoms with Gasteiger partial charge in [-0.1, -0.05) is 23.7 Å². The Balaban J connectivity index is 1.83. The molecule has 120 valence electrons. The van der Waals surface area contributed by atoms with E-state index in [-0.39, 0.29) is 17.5 Å². The van der Waals surface area contributed by atoms with Gasteiger partial charge in [0.2, 0.25) is 11.8 Å². The number of cyclic esters (lactones) is 1. The molecular weight excluding hydrogens is 328 g/mol. The molecule has 2 aromatic carbocycles. The third-order valence-electron chi connectivity index (χ3n) is 3.25. The zero-order valence-electron chi connectivity index (χ0n) is 12.7. The fraction of sp³-hybridized carbons (Fsp3) is 0.0556. The van der Waals surface area contributed by atoms with E-state index in [1.165, 1.54) is 6.92 Å². The van der Waals surface area contributed by atoms with E-state index < -0.39 is 5.97 Å². The van der Waals surface area contributed by atoms with Crippen LogP contribution in [-0.2, 0) is 14.3 Å². The SMILES string of the molecule is CC(=O)Nc1ccc(C2=N/C(=C/c3ccc(Cl)cc3)C(=O)O2)cc1. The van der Waals surface area contributed by atoms with E-state index in [0.717, 1.165) is 5.56 Å². The summed E-state index contributed by atoms with van der Waals surface area (Å²) in [5.41, 5.74) is 2.33. The van der Waals surface area contributed by atoms with Crippen LogP contribution in [0.25, 0.3) is 6.08 Å². The number of esters is 1. The number of halogens is 1. The lowest BCUT2D eigenvalue weighted by atomic mass is 10.2. The first-order chi connectivity index (χ1) is 11.5. The Hall–Kier alpha value is -2.92. The van der Waals surface area contributed by atoms with Gasteiger partial charge in [0, 0.05) is 23.2 Å². The maximum Gasteiger partial charge on any atom is 0.363 e. The summed E-state index contributed by atoms with van der Waals surface area (Å²) in [6.07, 6.45) is 1.64. The first-order valence-electron chi connectivity index (χ1n) is 7.17. The highest BCUT2D eigenvalue weighted by Crippen LogP contribution is 2.21. The highest BCUT2D eigenvalue weighted by molar-refractivity contribution is 6.30. The van der Waals surface area contributed by atoms with Crippen LogP contribution in [0.15, 0.2) is 59.2 Å². The van der Waals surface area contributed by atoms with Crippen LogP contribution in [0.2, 0.25) is 5.02 Å². The van der Waals surface area contributed by atoms with Crippen molar-refractivity contribution in [2.45, 2.75) is 6.92 Å². The van der Waals surface area contributed by atoms with Gasteiger partial charge in [0.05, 0.1) is 0 Å². The summed E-state index contributed by atoms with van der Waals surface area (Å²) in [5, 5.41) is 3.29. The van der Waals surface area contributed by atoms with Crippen molar-refractivity contribution in [3.05, 3.63) is 70.4 Å². The summed E-state index contributed by atoms with van der Waals surface area (Å²) in [6, 6.07) is 13.9. The summed E-state index contributed by atoms with van der Waals surface area (Å²) in [5.74, 6) is -0.430. The first-order valence-corrected chi connectivity index (χ1v) is 7.55. The molecule has 1 aliphatic rings. The minimum Gasteiger partial charge on any atom is -0.402 e. The molecule has 0 radical (unpaired) electrons. The van der Waals surface area contributed by atoms with Crippen molar-refractivity contribution < 1.29 is 14.3 Å². The third kappa shape index (κ3) is 3.70. The molecule has 6 heteroatoms. The number of carbonyl (C=O) groups is 2. The molecule has 0 aliphatic carbocycles. The molecule has 0 aromatic heterocycles. The van der Waals surface area contributed by atoms with Gasteiger partial charge < -0.3 is 10.1 Å². The van der Waals surface area contributed by atoms with E-state index in [1.54, 1.807) is 54.6 Å². The fourth-order valence-electron chi connectivity index (χ4n) is 2.15. The van der Waals surface area contributed by atoms with Gasteiger partial charge in [-0.3, -0.25) is 4.79 Å². The van der Waals surface area contributed by atoms with Crippen LogP contribution in [0.3, 0.4) is 0 Å². The first kappa shape index (κ1) is 16.0. The third-order valence-corrected chi connectivity index (χ3v) is 3.50. The monoisotopic (exact) mass is 340 g/mol. The smallest absolute Gasteiger partial charge is 0.363 e. The number of benzene rings is 2. The van der Waals surface area contributed by atoms with E-state index in [4.69, 9.17) is 16.3 Å². The van der Waals surface area contributed by atoms with E-state index in [9.17, 15) is 9.59 Å². The highest BCUT2D eigenvalue weighted by Gasteiger charge is 2.24. The summed E-state index contributed by atoms with van der Waals surface area (Å²) in [4.78, 5) is 27.2. The Morgan fingerprint density at radius 3 is 2.42 bits per heavy atom. The second-order valence-electron chi connectivity index (χ2n) is 5.15. The predicted octanol–water partition coefficient (Wildman–Crippen LogP) is 3.64. The zero-order valence-corrected chi connectivity index (χ0v) is 13.5. The van der Waals surface area contributed by atoms with Crippen LogP contribution in [0, 0.1) is 0 Å². The van der Waals surface area contributed by atoms with Crippen molar-refractivity contribution in [3.8, 4) is 0 Å². The molecule has 0 atom stereocenters. The predicted molar refractivity (Wildman–Crippen MR) is 92.8 cm³/mol. The van der Waals surface area contributed by atoms with Gasteiger partial charge in [-0.15, -0.1) is 0 Å². The standard InChI is InChI=1S/C18H13ClN2O3/c1-11(22)20-15-8-4-13(5-9-15)17-21-16(18(23)24-17)10-12-2-6-14(19)7-3-12/h2-10H,1H3,(H,20,22)/b16-10+. The van der Waals surface area contributed by atoms with Crippen molar-refractivity contribution in [1.82, 2.24) is 0 Å². The minimum absolute atomic E-state index is 0.152. The Bertz CT molecular complexity index is 853. The average molecular weight is 341 g/mol. The molecule has 1 amide bonds. The number of rotatable bonds is 3. The fourth-order valence-corrected chi connectivity index (χ4v) is 2.27. The maximum absolute atomic E-state index is 12.0. The minimum atomic E-state index is -0.508. The molecule has 0 saturated carbocycles. The summed E-state index contributed by atoms with van der Waals surface area (Å²) in [7, 11) is 0. The lowest BCUT2D eigenvalue weighted by molar-refractivity contribution is -0.129. The largest absolute Gasteiger partial charge is 0.402 e. The number of hydrogen-bond acceptors (Lipinski definition) is 4. The number of carbonyl (C=O) groups excluding carboxylic acids is 2. The number of anilines is 1. The van der Waals surface area contributed by atoms with E-state index in [0.29, 0.717) is 16.3 Å². The molecule has 5 nitrogen and oxygen atoms in total. The normalized spacial score (nSPS) is 15.2. The van der Waals surface area contributed by atoms with Crippen LogP contribution in [-0.4, -0.2) is 17.8 Å². The molecule has 0 unspecified atom stereocenters. The number of nitrogens with one attached hydrogen (secondary N) is 1.